The van der Waals surface area contributed by atoms with Crippen molar-refractivity contribution in [1.29, 1.82) is 0 Å². The molecule has 0 radical (unpaired) electrons. The predicted molar refractivity (Wildman–Crippen MR) is 110 cm³/mol. The maximum Gasteiger partial charge on any atom is 0.191 e. The fourth-order valence-corrected chi connectivity index (χ4v) is 3.17. The SMILES string of the molecule is CCNC(=NCCCOc1ccc(F)cc1)NC1CCN(c2ncccc2F)C1. The molecule has 0 aliphatic carbocycles. The molecular formula is C21H27F2N5O. The molecule has 0 amide bonds. The third-order valence-electron chi connectivity index (χ3n) is 4.57. The van der Waals surface area contributed by atoms with Gasteiger partial charge < -0.3 is 20.3 Å². The van der Waals surface area contributed by atoms with E-state index < -0.39 is 0 Å². The van der Waals surface area contributed by atoms with Crippen molar-refractivity contribution in [3.63, 3.8) is 0 Å². The van der Waals surface area contributed by atoms with Gasteiger partial charge in [-0.15, -0.1) is 0 Å². The highest BCUT2D eigenvalue weighted by Crippen LogP contribution is 2.20. The van der Waals surface area contributed by atoms with Gasteiger partial charge in [-0.1, -0.05) is 0 Å². The summed E-state index contributed by atoms with van der Waals surface area (Å²) in [6.07, 6.45) is 3.23. The van der Waals surface area contributed by atoms with Crippen molar-refractivity contribution in [2.75, 3.05) is 37.7 Å². The maximum absolute atomic E-state index is 13.9. The standard InChI is InChI=1S/C21H27F2N5O/c1-2-24-21(26-12-4-14-29-18-8-6-16(22)7-9-18)27-17-10-13-28(15-17)20-19(23)5-3-11-25-20/h3,5-9,11,17H,2,4,10,12-15H2,1H3,(H2,24,26,27). The number of nitrogens with zero attached hydrogens (tertiary/aromatic N) is 3. The van der Waals surface area contributed by atoms with Gasteiger partial charge in [0, 0.05) is 44.8 Å². The van der Waals surface area contributed by atoms with Crippen LogP contribution in [0.15, 0.2) is 47.6 Å². The zero-order valence-corrected chi connectivity index (χ0v) is 16.6. The first-order chi connectivity index (χ1) is 14.2. The summed E-state index contributed by atoms with van der Waals surface area (Å²) in [5.74, 6) is 1.21. The zero-order valence-electron chi connectivity index (χ0n) is 16.6. The molecule has 6 nitrogen and oxygen atoms in total. The second kappa shape index (κ2) is 10.6. The summed E-state index contributed by atoms with van der Waals surface area (Å²) in [7, 11) is 0. The molecule has 29 heavy (non-hydrogen) atoms. The number of hydrogen-bond acceptors (Lipinski definition) is 4. The molecule has 156 valence electrons. The second-order valence-corrected chi connectivity index (χ2v) is 6.80. The van der Waals surface area contributed by atoms with Crippen LogP contribution in [0, 0.1) is 11.6 Å². The summed E-state index contributed by atoms with van der Waals surface area (Å²) in [6.45, 7) is 5.29. The van der Waals surface area contributed by atoms with Crippen LogP contribution in [0.2, 0.25) is 0 Å². The van der Waals surface area contributed by atoms with Gasteiger partial charge in [0.25, 0.3) is 0 Å². The van der Waals surface area contributed by atoms with Crippen molar-refractivity contribution in [2.24, 2.45) is 4.99 Å². The molecule has 1 aliphatic rings. The molecule has 2 heterocycles. The lowest BCUT2D eigenvalue weighted by atomic mass is 10.3. The highest BCUT2D eigenvalue weighted by Gasteiger charge is 2.25. The molecule has 1 aromatic heterocycles. The predicted octanol–water partition coefficient (Wildman–Crippen LogP) is 2.96. The summed E-state index contributed by atoms with van der Waals surface area (Å²) < 4.78 is 32.4. The van der Waals surface area contributed by atoms with Gasteiger partial charge >= 0.3 is 0 Å². The molecule has 2 aromatic rings. The Balaban J connectivity index is 1.44. The Morgan fingerprint density at radius 2 is 2.10 bits per heavy atom. The third kappa shape index (κ3) is 6.30. The summed E-state index contributed by atoms with van der Waals surface area (Å²) in [4.78, 5) is 10.7. The van der Waals surface area contributed by atoms with E-state index in [1.165, 1.54) is 18.2 Å². The molecule has 3 rings (SSSR count). The number of ether oxygens (including phenoxy) is 1. The van der Waals surface area contributed by atoms with Gasteiger partial charge in [0.15, 0.2) is 17.6 Å². The Hall–Kier alpha value is -2.90. The fraction of sp³-hybridized carbons (Fsp3) is 0.429. The van der Waals surface area contributed by atoms with E-state index in [-0.39, 0.29) is 17.7 Å². The maximum atomic E-state index is 13.9. The third-order valence-corrected chi connectivity index (χ3v) is 4.57. The lowest BCUT2D eigenvalue weighted by Crippen LogP contribution is -2.44. The number of halogens is 2. The van der Waals surface area contributed by atoms with Crippen molar-refractivity contribution >= 4 is 11.8 Å². The highest BCUT2D eigenvalue weighted by atomic mass is 19.1. The van der Waals surface area contributed by atoms with Gasteiger partial charge in [-0.25, -0.2) is 13.8 Å². The van der Waals surface area contributed by atoms with E-state index in [2.05, 4.69) is 20.6 Å². The van der Waals surface area contributed by atoms with E-state index >= 15 is 0 Å². The topological polar surface area (TPSA) is 61.8 Å². The molecule has 0 bridgehead atoms. The number of guanidine groups is 1. The summed E-state index contributed by atoms with van der Waals surface area (Å²) >= 11 is 0. The molecule has 1 aliphatic heterocycles. The first-order valence-corrected chi connectivity index (χ1v) is 9.94. The molecule has 1 atom stereocenters. The van der Waals surface area contributed by atoms with Crippen molar-refractivity contribution in [3.8, 4) is 5.75 Å². The lowest BCUT2D eigenvalue weighted by Gasteiger charge is -2.20. The van der Waals surface area contributed by atoms with Crippen molar-refractivity contribution in [3.05, 3.63) is 54.2 Å². The molecular weight excluding hydrogens is 376 g/mol. The summed E-state index contributed by atoms with van der Waals surface area (Å²) in [5, 5.41) is 6.65. The minimum atomic E-state index is -0.296. The van der Waals surface area contributed by atoms with Crippen LogP contribution in [0.1, 0.15) is 19.8 Å². The van der Waals surface area contributed by atoms with Crippen LogP contribution < -0.4 is 20.3 Å². The van der Waals surface area contributed by atoms with Gasteiger partial charge in [-0.3, -0.25) is 4.99 Å². The first-order valence-electron chi connectivity index (χ1n) is 9.94. The Kier molecular flexibility index (Phi) is 7.61. The average molecular weight is 403 g/mol. The van der Waals surface area contributed by atoms with Gasteiger partial charge in [0.2, 0.25) is 0 Å². The van der Waals surface area contributed by atoms with Crippen molar-refractivity contribution in [2.45, 2.75) is 25.8 Å². The Morgan fingerprint density at radius 3 is 2.86 bits per heavy atom. The van der Waals surface area contributed by atoms with Crippen LogP contribution in [-0.2, 0) is 0 Å². The summed E-state index contributed by atoms with van der Waals surface area (Å²) in [6, 6.07) is 9.18. The number of aromatic nitrogens is 1. The Morgan fingerprint density at radius 1 is 1.28 bits per heavy atom. The fourth-order valence-electron chi connectivity index (χ4n) is 3.17. The van der Waals surface area contributed by atoms with Gasteiger partial charge in [0.1, 0.15) is 11.6 Å². The largest absolute Gasteiger partial charge is 0.494 e. The van der Waals surface area contributed by atoms with Crippen molar-refractivity contribution in [1.82, 2.24) is 15.6 Å². The number of nitrogens with one attached hydrogen (secondary N) is 2. The minimum absolute atomic E-state index is 0.171. The van der Waals surface area contributed by atoms with Crippen LogP contribution in [0.25, 0.3) is 0 Å². The van der Waals surface area contributed by atoms with E-state index in [1.54, 1.807) is 24.4 Å². The molecule has 1 saturated heterocycles. The van der Waals surface area contributed by atoms with E-state index in [0.29, 0.717) is 31.3 Å². The van der Waals surface area contributed by atoms with Gasteiger partial charge in [-0.2, -0.15) is 0 Å². The quantitative estimate of drug-likeness (QED) is 0.403. The number of benzene rings is 1. The average Bonchev–Trinajstić information content (AvgIpc) is 3.18. The van der Waals surface area contributed by atoms with Crippen LogP contribution in [-0.4, -0.2) is 49.8 Å². The number of anilines is 1. The van der Waals surface area contributed by atoms with Crippen molar-refractivity contribution < 1.29 is 13.5 Å². The molecule has 1 aromatic carbocycles. The van der Waals surface area contributed by atoms with E-state index in [4.69, 9.17) is 4.74 Å². The lowest BCUT2D eigenvalue weighted by molar-refractivity contribution is 0.313. The molecule has 2 N–H and O–H groups in total. The number of pyridine rings is 1. The van der Waals surface area contributed by atoms with Crippen LogP contribution >= 0.6 is 0 Å². The molecule has 0 saturated carbocycles. The van der Waals surface area contributed by atoms with Crippen LogP contribution in [0.5, 0.6) is 5.75 Å². The van der Waals surface area contributed by atoms with E-state index in [9.17, 15) is 8.78 Å². The Bertz CT molecular complexity index is 800. The van der Waals surface area contributed by atoms with E-state index in [1.807, 2.05) is 11.8 Å². The van der Waals surface area contributed by atoms with Gasteiger partial charge in [-0.05, 0) is 49.7 Å². The Labute approximate surface area is 170 Å². The van der Waals surface area contributed by atoms with Crippen LogP contribution in [0.3, 0.4) is 0 Å². The highest BCUT2D eigenvalue weighted by molar-refractivity contribution is 5.80. The second-order valence-electron chi connectivity index (χ2n) is 6.80. The van der Waals surface area contributed by atoms with Gasteiger partial charge in [0.05, 0.1) is 6.61 Å². The first kappa shape index (κ1) is 20.8. The number of aliphatic imine (C=N–C) groups is 1. The molecule has 1 unspecified atom stereocenters. The van der Waals surface area contributed by atoms with Crippen LogP contribution in [0.4, 0.5) is 14.6 Å². The molecule has 0 spiro atoms. The number of rotatable bonds is 8. The molecule has 1 fully saturated rings. The summed E-state index contributed by atoms with van der Waals surface area (Å²) in [5.41, 5.74) is 0. The van der Waals surface area contributed by atoms with E-state index in [0.717, 1.165) is 31.9 Å². The smallest absolute Gasteiger partial charge is 0.191 e. The normalized spacial score (nSPS) is 16.7. The minimum Gasteiger partial charge on any atom is -0.494 e. The number of hydrogen-bond donors (Lipinski definition) is 2. The zero-order chi connectivity index (χ0) is 20.5. The monoisotopic (exact) mass is 403 g/mol. The molecule has 8 heteroatoms.